The number of carbonyl (C=O) groups excluding carboxylic acids is 1. The predicted molar refractivity (Wildman–Crippen MR) is 70.2 cm³/mol. The molecule has 0 aliphatic rings. The first kappa shape index (κ1) is 14.7. The SMILES string of the molecule is C/C=C/CC(NC(=O)c1sc(Cl)nc1C)C(=O)O. The largest absolute Gasteiger partial charge is 0.480 e. The van der Waals surface area contributed by atoms with Gasteiger partial charge in [-0.15, -0.1) is 0 Å². The monoisotopic (exact) mass is 288 g/mol. The van der Waals surface area contributed by atoms with E-state index in [1.807, 2.05) is 0 Å². The highest BCUT2D eigenvalue weighted by atomic mass is 35.5. The van der Waals surface area contributed by atoms with Crippen LogP contribution >= 0.6 is 22.9 Å². The van der Waals surface area contributed by atoms with E-state index in [9.17, 15) is 9.59 Å². The van der Waals surface area contributed by atoms with E-state index < -0.39 is 17.9 Å². The van der Waals surface area contributed by atoms with Crippen molar-refractivity contribution in [3.63, 3.8) is 0 Å². The Labute approximate surface area is 113 Å². The van der Waals surface area contributed by atoms with E-state index in [-0.39, 0.29) is 10.9 Å². The van der Waals surface area contributed by atoms with Crippen molar-refractivity contribution in [2.75, 3.05) is 0 Å². The van der Waals surface area contributed by atoms with Gasteiger partial charge in [0.25, 0.3) is 5.91 Å². The number of rotatable bonds is 5. The predicted octanol–water partition coefficient (Wildman–Crippen LogP) is 2.25. The van der Waals surface area contributed by atoms with E-state index in [0.717, 1.165) is 11.3 Å². The highest BCUT2D eigenvalue weighted by molar-refractivity contribution is 7.17. The van der Waals surface area contributed by atoms with Crippen LogP contribution in [0.2, 0.25) is 4.47 Å². The van der Waals surface area contributed by atoms with E-state index in [0.29, 0.717) is 10.6 Å². The number of carbonyl (C=O) groups is 2. The summed E-state index contributed by atoms with van der Waals surface area (Å²) < 4.78 is 0.262. The lowest BCUT2D eigenvalue weighted by molar-refractivity contribution is -0.139. The number of hydrogen-bond donors (Lipinski definition) is 2. The van der Waals surface area contributed by atoms with Crippen LogP contribution in [0.25, 0.3) is 0 Å². The second-order valence-corrected chi connectivity index (χ2v) is 5.13. The van der Waals surface area contributed by atoms with Crippen molar-refractivity contribution in [2.45, 2.75) is 26.3 Å². The third-order valence-corrected chi connectivity index (χ3v) is 3.45. The normalized spacial score (nSPS) is 12.6. The highest BCUT2D eigenvalue weighted by Gasteiger charge is 2.22. The Balaban J connectivity index is 2.78. The van der Waals surface area contributed by atoms with Crippen molar-refractivity contribution < 1.29 is 14.7 Å². The van der Waals surface area contributed by atoms with Crippen molar-refractivity contribution in [3.8, 4) is 0 Å². The van der Waals surface area contributed by atoms with Crippen molar-refractivity contribution >= 4 is 34.8 Å². The van der Waals surface area contributed by atoms with Gasteiger partial charge in [0.1, 0.15) is 10.9 Å². The quantitative estimate of drug-likeness (QED) is 0.815. The standard InChI is InChI=1S/C11H13ClN2O3S/c1-3-4-5-7(10(16)17)14-9(15)8-6(2)13-11(12)18-8/h3-4,7H,5H2,1-2H3,(H,14,15)(H,16,17)/b4-3+. The third-order valence-electron chi connectivity index (χ3n) is 2.19. The molecule has 0 saturated heterocycles. The number of nitrogens with one attached hydrogen (secondary N) is 1. The molecule has 7 heteroatoms. The number of aliphatic carboxylic acids is 1. The van der Waals surface area contributed by atoms with Gasteiger partial charge in [0.2, 0.25) is 0 Å². The molecule has 1 unspecified atom stereocenters. The zero-order valence-electron chi connectivity index (χ0n) is 9.94. The number of amides is 1. The van der Waals surface area contributed by atoms with Crippen molar-refractivity contribution in [1.29, 1.82) is 0 Å². The summed E-state index contributed by atoms with van der Waals surface area (Å²) in [6.45, 7) is 3.44. The maximum absolute atomic E-state index is 11.9. The first-order valence-electron chi connectivity index (χ1n) is 5.23. The summed E-state index contributed by atoms with van der Waals surface area (Å²) in [5, 5.41) is 11.4. The fraction of sp³-hybridized carbons (Fsp3) is 0.364. The number of carboxylic acid groups (broad SMARTS) is 1. The van der Waals surface area contributed by atoms with Gasteiger partial charge >= 0.3 is 5.97 Å². The molecule has 0 aliphatic carbocycles. The van der Waals surface area contributed by atoms with Crippen LogP contribution in [-0.4, -0.2) is 28.0 Å². The summed E-state index contributed by atoms with van der Waals surface area (Å²) in [6, 6.07) is -0.950. The number of carboxylic acids is 1. The molecule has 1 atom stereocenters. The average Bonchev–Trinajstić information content (AvgIpc) is 2.63. The lowest BCUT2D eigenvalue weighted by atomic mass is 10.2. The number of hydrogen-bond acceptors (Lipinski definition) is 4. The van der Waals surface area contributed by atoms with Crippen molar-refractivity contribution in [2.24, 2.45) is 0 Å². The molecule has 0 fully saturated rings. The molecule has 0 radical (unpaired) electrons. The Morgan fingerprint density at radius 1 is 1.61 bits per heavy atom. The fourth-order valence-electron chi connectivity index (χ4n) is 1.29. The van der Waals surface area contributed by atoms with Crippen LogP contribution in [0.1, 0.15) is 28.7 Å². The molecule has 0 saturated carbocycles. The molecule has 98 valence electrons. The summed E-state index contributed by atoms with van der Waals surface area (Å²) in [7, 11) is 0. The molecule has 1 heterocycles. The first-order valence-corrected chi connectivity index (χ1v) is 6.43. The van der Waals surface area contributed by atoms with Gasteiger partial charge in [0.15, 0.2) is 4.47 Å². The summed E-state index contributed by atoms with van der Waals surface area (Å²) in [5.74, 6) is -1.54. The smallest absolute Gasteiger partial charge is 0.326 e. The average molecular weight is 289 g/mol. The molecule has 18 heavy (non-hydrogen) atoms. The summed E-state index contributed by atoms with van der Waals surface area (Å²) in [6.07, 6.45) is 3.66. The maximum Gasteiger partial charge on any atom is 0.326 e. The van der Waals surface area contributed by atoms with Crippen LogP contribution in [0.4, 0.5) is 0 Å². The first-order chi connectivity index (χ1) is 8.45. The number of aryl methyl sites for hydroxylation is 1. The van der Waals surface area contributed by atoms with Crippen molar-refractivity contribution in [3.05, 3.63) is 27.2 Å². The van der Waals surface area contributed by atoms with Crippen LogP contribution in [0.5, 0.6) is 0 Å². The number of halogens is 1. The molecule has 0 aromatic carbocycles. The van der Waals surface area contributed by atoms with Gasteiger partial charge in [0, 0.05) is 0 Å². The second kappa shape index (κ2) is 6.51. The minimum Gasteiger partial charge on any atom is -0.480 e. The highest BCUT2D eigenvalue weighted by Crippen LogP contribution is 2.22. The van der Waals surface area contributed by atoms with E-state index in [1.165, 1.54) is 0 Å². The number of thiazole rings is 1. The number of allylic oxidation sites excluding steroid dienone is 1. The molecule has 0 bridgehead atoms. The molecule has 1 aromatic heterocycles. The molecular weight excluding hydrogens is 276 g/mol. The molecular formula is C11H13ClN2O3S. The molecule has 0 aliphatic heterocycles. The van der Waals surface area contributed by atoms with Crippen LogP contribution in [0, 0.1) is 6.92 Å². The topological polar surface area (TPSA) is 79.3 Å². The number of nitrogens with zero attached hydrogens (tertiary/aromatic N) is 1. The Morgan fingerprint density at radius 2 is 2.28 bits per heavy atom. The molecule has 5 nitrogen and oxygen atoms in total. The van der Waals surface area contributed by atoms with Gasteiger partial charge < -0.3 is 10.4 Å². The summed E-state index contributed by atoms with van der Waals surface area (Å²) in [5.41, 5.74) is 0.498. The minimum absolute atomic E-state index is 0.239. The lowest BCUT2D eigenvalue weighted by Crippen LogP contribution is -2.40. The van der Waals surface area contributed by atoms with Gasteiger partial charge in [-0.05, 0) is 20.3 Å². The van der Waals surface area contributed by atoms with E-state index in [2.05, 4.69) is 10.3 Å². The van der Waals surface area contributed by atoms with Gasteiger partial charge in [0.05, 0.1) is 5.69 Å². The van der Waals surface area contributed by atoms with Crippen LogP contribution in [0.15, 0.2) is 12.2 Å². The molecule has 2 N–H and O–H groups in total. The zero-order valence-corrected chi connectivity index (χ0v) is 11.5. The molecule has 1 aromatic rings. The van der Waals surface area contributed by atoms with E-state index in [4.69, 9.17) is 16.7 Å². The second-order valence-electron chi connectivity index (χ2n) is 3.55. The third kappa shape index (κ3) is 3.82. The Bertz CT molecular complexity index is 485. The lowest BCUT2D eigenvalue weighted by Gasteiger charge is -2.11. The minimum atomic E-state index is -1.07. The molecule has 1 amide bonds. The van der Waals surface area contributed by atoms with E-state index >= 15 is 0 Å². The molecule has 1 rings (SSSR count). The van der Waals surface area contributed by atoms with Gasteiger partial charge in [-0.1, -0.05) is 35.1 Å². The zero-order chi connectivity index (χ0) is 13.7. The van der Waals surface area contributed by atoms with Gasteiger partial charge in [-0.25, -0.2) is 9.78 Å². The summed E-state index contributed by atoms with van der Waals surface area (Å²) in [4.78, 5) is 27.1. The molecule has 0 spiro atoms. The van der Waals surface area contributed by atoms with Gasteiger partial charge in [-0.2, -0.15) is 0 Å². The van der Waals surface area contributed by atoms with Crippen LogP contribution in [-0.2, 0) is 4.79 Å². The Hall–Kier alpha value is -1.40. The number of aromatic nitrogens is 1. The van der Waals surface area contributed by atoms with Gasteiger partial charge in [-0.3, -0.25) is 4.79 Å². The maximum atomic E-state index is 11.9. The Morgan fingerprint density at radius 3 is 2.72 bits per heavy atom. The van der Waals surface area contributed by atoms with Crippen LogP contribution in [0.3, 0.4) is 0 Å². The fourth-order valence-corrected chi connectivity index (χ4v) is 2.35. The van der Waals surface area contributed by atoms with Crippen LogP contribution < -0.4 is 5.32 Å². The summed E-state index contributed by atoms with van der Waals surface area (Å²) >= 11 is 6.72. The van der Waals surface area contributed by atoms with Crippen molar-refractivity contribution in [1.82, 2.24) is 10.3 Å². The Kier molecular flexibility index (Phi) is 5.30. The van der Waals surface area contributed by atoms with E-state index in [1.54, 1.807) is 26.0 Å².